The van der Waals surface area contributed by atoms with E-state index in [1.807, 2.05) is 52.0 Å². The van der Waals surface area contributed by atoms with E-state index in [0.29, 0.717) is 5.70 Å². The van der Waals surface area contributed by atoms with Crippen molar-refractivity contribution in [3.05, 3.63) is 53.7 Å². The predicted octanol–water partition coefficient (Wildman–Crippen LogP) is 7.82. The second kappa shape index (κ2) is 15.1. The van der Waals surface area contributed by atoms with Gasteiger partial charge in [-0.15, -0.1) is 4.99 Å². The second-order valence-corrected chi connectivity index (χ2v) is 11.6. The summed E-state index contributed by atoms with van der Waals surface area (Å²) < 4.78 is 11.1. The van der Waals surface area contributed by atoms with Crippen LogP contribution >= 0.6 is 0 Å². The second-order valence-electron chi connectivity index (χ2n) is 11.6. The summed E-state index contributed by atoms with van der Waals surface area (Å²) in [6.07, 6.45) is 2.49. The minimum Gasteiger partial charge on any atom is -0.443 e. The molecule has 10 heteroatoms. The topological polar surface area (TPSA) is 109 Å². The zero-order valence-corrected chi connectivity index (χ0v) is 26.0. The Kier molecular flexibility index (Phi) is 12.9. The van der Waals surface area contributed by atoms with Gasteiger partial charge in [0.25, 0.3) is 0 Å². The Hall–Kier alpha value is -3.82. The quantitative estimate of drug-likeness (QED) is 0.185. The van der Waals surface area contributed by atoms with Crippen molar-refractivity contribution in [1.29, 1.82) is 0 Å². The highest BCUT2D eigenvalue weighted by Crippen LogP contribution is 2.19. The van der Waals surface area contributed by atoms with Crippen LogP contribution in [-0.2, 0) is 16.0 Å². The Labute approximate surface area is 239 Å². The van der Waals surface area contributed by atoms with Crippen LogP contribution in [-0.4, -0.2) is 58.6 Å². The Morgan fingerprint density at radius 3 is 2.10 bits per heavy atom. The van der Waals surface area contributed by atoms with E-state index in [0.717, 1.165) is 23.1 Å². The number of guanidine groups is 1. The fourth-order valence-corrected chi connectivity index (χ4v) is 2.86. The van der Waals surface area contributed by atoms with Gasteiger partial charge in [-0.25, -0.2) is 19.5 Å². The summed E-state index contributed by atoms with van der Waals surface area (Å²) >= 11 is 0. The Morgan fingerprint density at radius 2 is 1.60 bits per heavy atom. The molecule has 1 aromatic rings. The van der Waals surface area contributed by atoms with E-state index in [-0.39, 0.29) is 18.5 Å². The number of carbonyl (C=O) groups is 2. The lowest BCUT2D eigenvalue weighted by Crippen LogP contribution is -2.47. The van der Waals surface area contributed by atoms with E-state index in [2.05, 4.69) is 26.8 Å². The fourth-order valence-electron chi connectivity index (χ4n) is 2.86. The largest absolute Gasteiger partial charge is 0.443 e. The van der Waals surface area contributed by atoms with Crippen LogP contribution in [0.5, 0.6) is 0 Å². The third kappa shape index (κ3) is 13.3. The van der Waals surface area contributed by atoms with E-state index < -0.39 is 23.4 Å². The van der Waals surface area contributed by atoms with Crippen LogP contribution in [0.4, 0.5) is 9.59 Å². The summed E-state index contributed by atoms with van der Waals surface area (Å²) in [5.41, 5.74) is 1.58. The Balaban J connectivity index is 3.54. The van der Waals surface area contributed by atoms with Crippen LogP contribution in [0.2, 0.25) is 0 Å². The number of benzene rings is 1. The first-order valence-electron chi connectivity index (χ1n) is 13.3. The number of allylic oxidation sites excluding steroid dienone is 1. The van der Waals surface area contributed by atoms with Gasteiger partial charge in [-0.1, -0.05) is 43.3 Å². The van der Waals surface area contributed by atoms with Crippen molar-refractivity contribution >= 4 is 30.2 Å². The highest BCUT2D eigenvalue weighted by molar-refractivity contribution is 6.03. The first-order valence-corrected chi connectivity index (χ1v) is 13.3. The van der Waals surface area contributed by atoms with Crippen LogP contribution in [0, 0.1) is 0 Å². The molecule has 0 fully saturated rings. The lowest BCUT2D eigenvalue weighted by Gasteiger charge is -2.31. The molecule has 0 aromatic heterocycles. The molecule has 0 aliphatic rings. The molecule has 0 N–H and O–H groups in total. The summed E-state index contributed by atoms with van der Waals surface area (Å²) in [4.78, 5) is 37.5. The molecule has 0 saturated heterocycles. The van der Waals surface area contributed by atoms with Gasteiger partial charge in [0.05, 0.1) is 24.6 Å². The third-order valence-corrected chi connectivity index (χ3v) is 4.89. The standard InChI is InChI=1S/C30H46N6O4/c1-13-22(4)18-31-20-35(12)26(32-27(37)39-29(6,7)8)36(28(38)40-30(9,10)11)19-24-14-16-25(17-15-24)23(5)34-33-21(2)3/h14-18,20-21H,5,13,19H2,1-4,6-12H3/b22-18+,31-20?,32-26+,34-33?. The number of aliphatic imine (C=N–C) groups is 2. The first-order chi connectivity index (χ1) is 18.4. The van der Waals surface area contributed by atoms with Gasteiger partial charge in [-0.2, -0.15) is 10.2 Å². The van der Waals surface area contributed by atoms with Crippen molar-refractivity contribution in [3.63, 3.8) is 0 Å². The maximum atomic E-state index is 13.5. The summed E-state index contributed by atoms with van der Waals surface area (Å²) in [5, 5.41) is 8.30. The van der Waals surface area contributed by atoms with E-state index >= 15 is 0 Å². The molecule has 2 amide bonds. The molecule has 1 rings (SSSR count). The molecular formula is C30H46N6O4. The van der Waals surface area contributed by atoms with Crippen molar-refractivity contribution in [2.75, 3.05) is 7.05 Å². The van der Waals surface area contributed by atoms with Gasteiger partial charge in [-0.3, -0.25) is 0 Å². The molecule has 0 atom stereocenters. The normalized spacial score (nSPS) is 13.2. The zero-order chi connectivity index (χ0) is 30.7. The Bertz CT molecular complexity index is 1140. The molecule has 0 aliphatic carbocycles. The predicted molar refractivity (Wildman–Crippen MR) is 161 cm³/mol. The number of carbonyl (C=O) groups excluding carboxylic acids is 2. The number of azo groups is 1. The van der Waals surface area contributed by atoms with Gasteiger partial charge in [0.15, 0.2) is 0 Å². The molecule has 10 nitrogen and oxygen atoms in total. The first kappa shape index (κ1) is 34.2. The van der Waals surface area contributed by atoms with Gasteiger partial charge < -0.3 is 14.4 Å². The van der Waals surface area contributed by atoms with Crippen molar-refractivity contribution in [2.24, 2.45) is 20.2 Å². The molecule has 40 heavy (non-hydrogen) atoms. The van der Waals surface area contributed by atoms with E-state index in [1.54, 1.807) is 54.8 Å². The molecule has 0 unspecified atom stereocenters. The molecule has 1 aromatic carbocycles. The molecule has 0 spiro atoms. The van der Waals surface area contributed by atoms with Gasteiger partial charge in [0.2, 0.25) is 5.96 Å². The number of hydrogen-bond acceptors (Lipinski definition) is 7. The van der Waals surface area contributed by atoms with Crippen molar-refractivity contribution in [1.82, 2.24) is 9.80 Å². The SMILES string of the molecule is C=C(N=NC(C)C)c1ccc(CN(C(=O)OC(C)(C)C)/C(=N/C(=O)OC(C)(C)C)N(C)C=N/C=C(\C)CC)cc1. The fraction of sp³-hybridized carbons (Fsp3) is 0.533. The highest BCUT2D eigenvalue weighted by Gasteiger charge is 2.30. The molecular weight excluding hydrogens is 508 g/mol. The van der Waals surface area contributed by atoms with E-state index in [4.69, 9.17) is 9.47 Å². The summed E-state index contributed by atoms with van der Waals surface area (Å²) in [6.45, 7) is 22.4. The van der Waals surface area contributed by atoms with Gasteiger partial charge in [-0.05, 0) is 74.3 Å². The molecule has 0 bridgehead atoms. The summed E-state index contributed by atoms with van der Waals surface area (Å²) in [6, 6.07) is 7.43. The van der Waals surface area contributed by atoms with Crippen molar-refractivity contribution in [3.8, 4) is 0 Å². The van der Waals surface area contributed by atoms with Crippen LogP contribution in [0.3, 0.4) is 0 Å². The average Bonchev–Trinajstić information content (AvgIpc) is 2.82. The Morgan fingerprint density at radius 1 is 1.02 bits per heavy atom. The number of amides is 2. The van der Waals surface area contributed by atoms with E-state index in [9.17, 15) is 9.59 Å². The molecule has 0 saturated carbocycles. The van der Waals surface area contributed by atoms with Gasteiger partial charge >= 0.3 is 12.2 Å². The minimum absolute atomic E-state index is 0.00554. The molecule has 0 heterocycles. The lowest BCUT2D eigenvalue weighted by atomic mass is 10.1. The summed E-state index contributed by atoms with van der Waals surface area (Å²) in [7, 11) is 1.64. The lowest BCUT2D eigenvalue weighted by molar-refractivity contribution is 0.0345. The molecule has 220 valence electrons. The van der Waals surface area contributed by atoms with Crippen LogP contribution in [0.25, 0.3) is 5.70 Å². The number of rotatable bonds is 8. The average molecular weight is 555 g/mol. The number of ether oxygens (including phenoxy) is 2. The monoisotopic (exact) mass is 554 g/mol. The highest BCUT2D eigenvalue weighted by atomic mass is 16.6. The summed E-state index contributed by atoms with van der Waals surface area (Å²) in [5.74, 6) is -0.00554. The molecule has 0 aliphatic heterocycles. The van der Waals surface area contributed by atoms with Gasteiger partial charge in [0.1, 0.15) is 11.2 Å². The smallest absolute Gasteiger partial charge is 0.437 e. The number of hydrogen-bond donors (Lipinski definition) is 0. The molecule has 0 radical (unpaired) electrons. The van der Waals surface area contributed by atoms with Crippen molar-refractivity contribution in [2.45, 2.75) is 99.4 Å². The van der Waals surface area contributed by atoms with Gasteiger partial charge in [0, 0.05) is 18.8 Å². The number of nitrogens with zero attached hydrogens (tertiary/aromatic N) is 6. The van der Waals surface area contributed by atoms with Crippen molar-refractivity contribution < 1.29 is 19.1 Å². The van der Waals surface area contributed by atoms with E-state index in [1.165, 1.54) is 16.1 Å². The maximum Gasteiger partial charge on any atom is 0.437 e. The third-order valence-electron chi connectivity index (χ3n) is 4.89. The zero-order valence-electron chi connectivity index (χ0n) is 26.0. The van der Waals surface area contributed by atoms with Crippen LogP contribution in [0.15, 0.2) is 62.8 Å². The minimum atomic E-state index is -0.848. The maximum absolute atomic E-state index is 13.5. The van der Waals surface area contributed by atoms with Crippen LogP contribution in [0.1, 0.15) is 86.8 Å². The van der Waals surface area contributed by atoms with Crippen LogP contribution < -0.4 is 0 Å².